The topological polar surface area (TPSA) is 48.0 Å². The van der Waals surface area contributed by atoms with Gasteiger partial charge in [0.15, 0.2) is 6.61 Å². The lowest BCUT2D eigenvalue weighted by Gasteiger charge is -2.25. The molecule has 1 fully saturated rings. The van der Waals surface area contributed by atoms with E-state index in [0.717, 1.165) is 11.3 Å². The normalized spacial score (nSPS) is 16.4. The van der Waals surface area contributed by atoms with Gasteiger partial charge in [-0.05, 0) is 42.0 Å². The SMILES string of the molecule is COc1cc(OC)cc(C2SCCN2C(=O)COc2ccc(Cl)cc2)c1. The minimum Gasteiger partial charge on any atom is -0.497 e. The van der Waals surface area contributed by atoms with E-state index < -0.39 is 0 Å². The minimum atomic E-state index is -0.0830. The first kappa shape index (κ1) is 18.7. The van der Waals surface area contributed by atoms with Gasteiger partial charge in [-0.1, -0.05) is 11.6 Å². The second kappa shape index (κ2) is 8.56. The summed E-state index contributed by atoms with van der Waals surface area (Å²) in [5.74, 6) is 2.84. The van der Waals surface area contributed by atoms with Crippen molar-refractivity contribution in [3.63, 3.8) is 0 Å². The zero-order chi connectivity index (χ0) is 18.5. The van der Waals surface area contributed by atoms with Crippen molar-refractivity contribution >= 4 is 29.3 Å². The molecule has 138 valence electrons. The molecular formula is C19H20ClNO4S. The Balaban J connectivity index is 1.71. The average molecular weight is 394 g/mol. The van der Waals surface area contributed by atoms with Gasteiger partial charge in [0.05, 0.1) is 14.2 Å². The second-order valence-corrected chi connectivity index (χ2v) is 7.32. The molecule has 0 spiro atoms. The Hall–Kier alpha value is -2.05. The molecule has 1 aliphatic rings. The van der Waals surface area contributed by atoms with E-state index in [9.17, 15) is 4.79 Å². The number of carbonyl (C=O) groups excluding carboxylic acids is 1. The Bertz CT molecular complexity index is 746. The first-order valence-electron chi connectivity index (χ1n) is 8.13. The summed E-state index contributed by atoms with van der Waals surface area (Å²) in [5, 5.41) is 0.548. The van der Waals surface area contributed by atoms with Crippen LogP contribution in [0, 0.1) is 0 Å². The van der Waals surface area contributed by atoms with Crippen LogP contribution in [0.25, 0.3) is 0 Å². The Morgan fingerprint density at radius 2 is 1.77 bits per heavy atom. The van der Waals surface area contributed by atoms with Gasteiger partial charge in [0.1, 0.15) is 22.6 Å². The van der Waals surface area contributed by atoms with Gasteiger partial charge in [0.2, 0.25) is 0 Å². The van der Waals surface area contributed by atoms with Crippen LogP contribution in [0.4, 0.5) is 0 Å². The number of ether oxygens (including phenoxy) is 3. The lowest BCUT2D eigenvalue weighted by Crippen LogP contribution is -2.34. The zero-order valence-electron chi connectivity index (χ0n) is 14.6. The molecule has 1 aliphatic heterocycles. The lowest BCUT2D eigenvalue weighted by atomic mass is 10.1. The molecule has 1 atom stereocenters. The van der Waals surface area contributed by atoms with Crippen molar-refractivity contribution in [3.8, 4) is 17.2 Å². The first-order chi connectivity index (χ1) is 12.6. The third kappa shape index (κ3) is 4.37. The molecule has 0 aliphatic carbocycles. The Morgan fingerprint density at radius 1 is 1.12 bits per heavy atom. The summed E-state index contributed by atoms with van der Waals surface area (Å²) in [7, 11) is 3.23. The molecule has 1 saturated heterocycles. The number of hydrogen-bond acceptors (Lipinski definition) is 5. The quantitative estimate of drug-likeness (QED) is 0.742. The number of hydrogen-bond donors (Lipinski definition) is 0. The number of nitrogens with zero attached hydrogens (tertiary/aromatic N) is 1. The van der Waals surface area contributed by atoms with Crippen LogP contribution in [0.15, 0.2) is 42.5 Å². The monoisotopic (exact) mass is 393 g/mol. The van der Waals surface area contributed by atoms with Gasteiger partial charge < -0.3 is 19.1 Å². The average Bonchev–Trinajstić information content (AvgIpc) is 3.17. The number of thioether (sulfide) groups is 1. The van der Waals surface area contributed by atoms with Gasteiger partial charge in [-0.2, -0.15) is 0 Å². The number of carbonyl (C=O) groups is 1. The molecule has 0 radical (unpaired) electrons. The van der Waals surface area contributed by atoms with Crippen molar-refractivity contribution in [2.75, 3.05) is 33.1 Å². The minimum absolute atomic E-state index is 0.0141. The van der Waals surface area contributed by atoms with Crippen molar-refractivity contribution in [2.24, 2.45) is 0 Å². The molecular weight excluding hydrogens is 374 g/mol. The van der Waals surface area contributed by atoms with Crippen molar-refractivity contribution in [1.29, 1.82) is 0 Å². The van der Waals surface area contributed by atoms with E-state index in [4.69, 9.17) is 25.8 Å². The van der Waals surface area contributed by atoms with Gasteiger partial charge in [-0.15, -0.1) is 11.8 Å². The van der Waals surface area contributed by atoms with Gasteiger partial charge in [-0.25, -0.2) is 0 Å². The summed E-state index contributed by atoms with van der Waals surface area (Å²) in [6, 6.07) is 12.7. The second-order valence-electron chi connectivity index (χ2n) is 5.70. The van der Waals surface area contributed by atoms with E-state index in [2.05, 4.69) is 0 Å². The predicted molar refractivity (Wildman–Crippen MR) is 103 cm³/mol. The lowest BCUT2D eigenvalue weighted by molar-refractivity contribution is -0.133. The highest BCUT2D eigenvalue weighted by Crippen LogP contribution is 2.40. The van der Waals surface area contributed by atoms with Crippen LogP contribution in [0.3, 0.4) is 0 Å². The smallest absolute Gasteiger partial charge is 0.261 e. The summed E-state index contributed by atoms with van der Waals surface area (Å²) in [6.45, 7) is 0.664. The Labute approximate surface area is 162 Å². The molecule has 2 aromatic carbocycles. The van der Waals surface area contributed by atoms with E-state index >= 15 is 0 Å². The van der Waals surface area contributed by atoms with E-state index in [1.807, 2.05) is 23.1 Å². The van der Waals surface area contributed by atoms with Crippen LogP contribution in [-0.4, -0.2) is 43.9 Å². The molecule has 1 heterocycles. The largest absolute Gasteiger partial charge is 0.497 e. The summed E-state index contributed by atoms with van der Waals surface area (Å²) in [4.78, 5) is 14.5. The van der Waals surface area contributed by atoms with Crippen LogP contribution in [-0.2, 0) is 4.79 Å². The van der Waals surface area contributed by atoms with Crippen LogP contribution >= 0.6 is 23.4 Å². The van der Waals surface area contributed by atoms with Gasteiger partial charge >= 0.3 is 0 Å². The van der Waals surface area contributed by atoms with Crippen LogP contribution in [0.2, 0.25) is 5.02 Å². The molecule has 26 heavy (non-hydrogen) atoms. The number of amides is 1. The van der Waals surface area contributed by atoms with Gasteiger partial charge in [-0.3, -0.25) is 4.79 Å². The van der Waals surface area contributed by atoms with Gasteiger partial charge in [0, 0.05) is 23.4 Å². The number of methoxy groups -OCH3 is 2. The molecule has 0 saturated carbocycles. The highest BCUT2D eigenvalue weighted by molar-refractivity contribution is 7.99. The van der Waals surface area contributed by atoms with E-state index in [1.54, 1.807) is 50.2 Å². The highest BCUT2D eigenvalue weighted by atomic mass is 35.5. The first-order valence-corrected chi connectivity index (χ1v) is 9.56. The fourth-order valence-electron chi connectivity index (χ4n) is 2.73. The Morgan fingerprint density at radius 3 is 2.38 bits per heavy atom. The van der Waals surface area contributed by atoms with Crippen LogP contribution in [0.1, 0.15) is 10.9 Å². The maximum atomic E-state index is 12.7. The van der Waals surface area contributed by atoms with Crippen molar-refractivity contribution in [1.82, 2.24) is 4.90 Å². The highest BCUT2D eigenvalue weighted by Gasteiger charge is 2.31. The molecule has 3 rings (SSSR count). The molecule has 0 aromatic heterocycles. The molecule has 0 N–H and O–H groups in total. The summed E-state index contributed by atoms with van der Waals surface area (Å²) < 4.78 is 16.3. The number of benzene rings is 2. The van der Waals surface area contributed by atoms with Crippen LogP contribution < -0.4 is 14.2 Å². The Kier molecular flexibility index (Phi) is 6.16. The molecule has 1 unspecified atom stereocenters. The zero-order valence-corrected chi connectivity index (χ0v) is 16.2. The molecule has 1 amide bonds. The molecule has 0 bridgehead atoms. The summed E-state index contributed by atoms with van der Waals surface area (Å²) in [6.07, 6.45) is 0. The predicted octanol–water partition coefficient (Wildman–Crippen LogP) is 4.01. The molecule has 5 nitrogen and oxygen atoms in total. The van der Waals surface area contributed by atoms with Crippen molar-refractivity contribution in [2.45, 2.75) is 5.37 Å². The third-order valence-corrected chi connectivity index (χ3v) is 5.56. The van der Waals surface area contributed by atoms with Crippen LogP contribution in [0.5, 0.6) is 17.2 Å². The van der Waals surface area contributed by atoms with Crippen molar-refractivity contribution in [3.05, 3.63) is 53.1 Å². The standard InChI is InChI=1S/C19H20ClNO4S/c1-23-16-9-13(10-17(11-16)24-2)19-21(7-8-26-19)18(22)12-25-15-5-3-14(20)4-6-15/h3-6,9-11,19H,7-8,12H2,1-2H3. The third-order valence-electron chi connectivity index (χ3n) is 4.05. The fourth-order valence-corrected chi connectivity index (χ4v) is 4.12. The van der Waals surface area contributed by atoms with E-state index in [0.29, 0.717) is 28.8 Å². The number of halogens is 1. The maximum Gasteiger partial charge on any atom is 0.261 e. The molecule has 2 aromatic rings. The summed E-state index contributed by atoms with van der Waals surface area (Å²) in [5.41, 5.74) is 0.976. The fraction of sp³-hybridized carbons (Fsp3) is 0.316. The van der Waals surface area contributed by atoms with Gasteiger partial charge in [0.25, 0.3) is 5.91 Å². The molecule has 7 heteroatoms. The number of rotatable bonds is 6. The van der Waals surface area contributed by atoms with E-state index in [-0.39, 0.29) is 17.9 Å². The van der Waals surface area contributed by atoms with E-state index in [1.165, 1.54) is 0 Å². The maximum absolute atomic E-state index is 12.7. The summed E-state index contributed by atoms with van der Waals surface area (Å²) >= 11 is 7.58. The van der Waals surface area contributed by atoms with Crippen molar-refractivity contribution < 1.29 is 19.0 Å².